The Morgan fingerprint density at radius 2 is 1.70 bits per heavy atom. The van der Waals surface area contributed by atoms with Crippen molar-refractivity contribution in [3.8, 4) is 11.5 Å². The lowest BCUT2D eigenvalue weighted by molar-refractivity contribution is 0.0948. The molecular weight excluding hydrogens is 342 g/mol. The summed E-state index contributed by atoms with van der Waals surface area (Å²) in [6.45, 7) is 10.3. The first-order valence-electron chi connectivity index (χ1n) is 9.41. The highest BCUT2D eigenvalue weighted by molar-refractivity contribution is 6.04. The van der Waals surface area contributed by atoms with Crippen molar-refractivity contribution in [1.82, 2.24) is 0 Å². The smallest absolute Gasteiger partial charge is 0.255 e. The van der Waals surface area contributed by atoms with Crippen LogP contribution < -0.4 is 14.8 Å². The van der Waals surface area contributed by atoms with Crippen molar-refractivity contribution < 1.29 is 19.0 Å². The number of ether oxygens (including phenoxy) is 3. The van der Waals surface area contributed by atoms with Gasteiger partial charge in [0.2, 0.25) is 0 Å². The number of amides is 1. The first kappa shape index (κ1) is 20.8. The Morgan fingerprint density at radius 3 is 2.33 bits per heavy atom. The Hall–Kier alpha value is -2.53. The molecule has 0 saturated carbocycles. The second-order valence-corrected chi connectivity index (χ2v) is 6.58. The fourth-order valence-corrected chi connectivity index (χ4v) is 2.54. The summed E-state index contributed by atoms with van der Waals surface area (Å²) >= 11 is 0. The average molecular weight is 371 g/mol. The van der Waals surface area contributed by atoms with Crippen molar-refractivity contribution >= 4 is 11.6 Å². The minimum absolute atomic E-state index is 0.174. The number of hydrogen-bond donors (Lipinski definition) is 1. The van der Waals surface area contributed by atoms with Gasteiger partial charge in [0, 0.05) is 23.4 Å². The predicted octanol–water partition coefficient (Wildman–Crippen LogP) is 4.91. The highest BCUT2D eigenvalue weighted by atomic mass is 16.5. The minimum atomic E-state index is -0.174. The lowest BCUT2D eigenvalue weighted by Gasteiger charge is -2.14. The summed E-state index contributed by atoms with van der Waals surface area (Å²) in [5.41, 5.74) is 2.15. The van der Waals surface area contributed by atoms with Gasteiger partial charge >= 0.3 is 0 Å². The van der Waals surface area contributed by atoms with Crippen molar-refractivity contribution in [3.63, 3.8) is 0 Å². The van der Waals surface area contributed by atoms with E-state index >= 15 is 0 Å². The maximum Gasteiger partial charge on any atom is 0.255 e. The second kappa shape index (κ2) is 10.6. The Labute approximate surface area is 161 Å². The molecular formula is C22H29NO4. The SMILES string of the molecule is CCOc1ccc(NC(=O)c2ccc(OCC)c(COCC(C)C)c2)cc1. The summed E-state index contributed by atoms with van der Waals surface area (Å²) in [5, 5.41) is 2.90. The van der Waals surface area contributed by atoms with Crippen LogP contribution in [0.4, 0.5) is 5.69 Å². The Balaban J connectivity index is 2.09. The van der Waals surface area contributed by atoms with Crippen molar-refractivity contribution in [3.05, 3.63) is 53.6 Å². The van der Waals surface area contributed by atoms with Gasteiger partial charge in [0.15, 0.2) is 0 Å². The molecule has 0 heterocycles. The fourth-order valence-electron chi connectivity index (χ4n) is 2.54. The third-order valence-electron chi connectivity index (χ3n) is 3.75. The number of hydrogen-bond acceptors (Lipinski definition) is 4. The Bertz CT molecular complexity index is 726. The number of anilines is 1. The normalized spacial score (nSPS) is 10.7. The standard InChI is InChI=1S/C22H29NO4/c1-5-26-20-10-8-19(9-11-20)23-22(24)17-7-12-21(27-6-2)18(13-17)15-25-14-16(3)4/h7-13,16H,5-6,14-15H2,1-4H3,(H,23,24). The Morgan fingerprint density at radius 1 is 1.00 bits per heavy atom. The summed E-state index contributed by atoms with van der Waals surface area (Å²) in [6, 6.07) is 12.7. The van der Waals surface area contributed by atoms with Crippen molar-refractivity contribution in [1.29, 1.82) is 0 Å². The van der Waals surface area contributed by atoms with Gasteiger partial charge in [-0.1, -0.05) is 13.8 Å². The largest absolute Gasteiger partial charge is 0.494 e. The monoisotopic (exact) mass is 371 g/mol. The van der Waals surface area contributed by atoms with Crippen LogP contribution in [0.5, 0.6) is 11.5 Å². The number of carbonyl (C=O) groups excluding carboxylic acids is 1. The lowest BCUT2D eigenvalue weighted by Crippen LogP contribution is -2.13. The van der Waals surface area contributed by atoms with Gasteiger partial charge in [-0.15, -0.1) is 0 Å². The second-order valence-electron chi connectivity index (χ2n) is 6.58. The topological polar surface area (TPSA) is 56.8 Å². The molecule has 2 aromatic carbocycles. The van der Waals surface area contributed by atoms with Crippen LogP contribution in [0.2, 0.25) is 0 Å². The first-order chi connectivity index (χ1) is 13.0. The van der Waals surface area contributed by atoms with Crippen LogP contribution in [-0.2, 0) is 11.3 Å². The molecule has 0 atom stereocenters. The fraction of sp³-hybridized carbons (Fsp3) is 0.409. The van der Waals surface area contributed by atoms with Gasteiger partial charge < -0.3 is 19.5 Å². The van der Waals surface area contributed by atoms with Crippen LogP contribution in [0.15, 0.2) is 42.5 Å². The molecule has 0 radical (unpaired) electrons. The highest BCUT2D eigenvalue weighted by Gasteiger charge is 2.12. The molecule has 0 aliphatic rings. The quantitative estimate of drug-likeness (QED) is 0.645. The molecule has 2 rings (SSSR count). The van der Waals surface area contributed by atoms with Crippen LogP contribution >= 0.6 is 0 Å². The van der Waals surface area contributed by atoms with E-state index in [1.54, 1.807) is 6.07 Å². The van der Waals surface area contributed by atoms with E-state index in [2.05, 4.69) is 19.2 Å². The number of carbonyl (C=O) groups is 1. The van der Waals surface area contributed by atoms with E-state index in [9.17, 15) is 4.79 Å². The minimum Gasteiger partial charge on any atom is -0.494 e. The summed E-state index contributed by atoms with van der Waals surface area (Å²) in [7, 11) is 0. The lowest BCUT2D eigenvalue weighted by atomic mass is 10.1. The van der Waals surface area contributed by atoms with Gasteiger partial charge in [0.25, 0.3) is 5.91 Å². The molecule has 5 nitrogen and oxygen atoms in total. The average Bonchev–Trinajstić information content (AvgIpc) is 2.64. The van der Waals surface area contributed by atoms with E-state index in [4.69, 9.17) is 14.2 Å². The summed E-state index contributed by atoms with van der Waals surface area (Å²) in [5.74, 6) is 1.80. The van der Waals surface area contributed by atoms with Gasteiger partial charge in [-0.3, -0.25) is 4.79 Å². The third kappa shape index (κ3) is 6.61. The molecule has 5 heteroatoms. The highest BCUT2D eigenvalue weighted by Crippen LogP contribution is 2.23. The maximum absolute atomic E-state index is 12.6. The van der Waals surface area contributed by atoms with E-state index in [1.165, 1.54) is 0 Å². The van der Waals surface area contributed by atoms with Gasteiger partial charge in [0.05, 0.1) is 19.8 Å². The van der Waals surface area contributed by atoms with E-state index in [-0.39, 0.29) is 5.91 Å². The molecule has 0 saturated heterocycles. The van der Waals surface area contributed by atoms with Crippen LogP contribution in [0.1, 0.15) is 43.6 Å². The predicted molar refractivity (Wildman–Crippen MR) is 108 cm³/mol. The molecule has 146 valence electrons. The molecule has 0 bridgehead atoms. The van der Waals surface area contributed by atoms with E-state index < -0.39 is 0 Å². The van der Waals surface area contributed by atoms with Gasteiger partial charge in [-0.25, -0.2) is 0 Å². The molecule has 1 N–H and O–H groups in total. The first-order valence-corrected chi connectivity index (χ1v) is 9.41. The van der Waals surface area contributed by atoms with Gasteiger partial charge in [0.1, 0.15) is 11.5 Å². The molecule has 0 spiro atoms. The number of benzene rings is 2. The van der Waals surface area contributed by atoms with Crippen LogP contribution in [0.3, 0.4) is 0 Å². The van der Waals surface area contributed by atoms with Crippen molar-refractivity contribution in [2.75, 3.05) is 25.1 Å². The Kier molecular flexibility index (Phi) is 8.14. The van der Waals surface area contributed by atoms with Crippen LogP contribution in [0, 0.1) is 5.92 Å². The number of rotatable bonds is 10. The van der Waals surface area contributed by atoms with Crippen LogP contribution in [0.25, 0.3) is 0 Å². The van der Waals surface area contributed by atoms with Crippen molar-refractivity contribution in [2.45, 2.75) is 34.3 Å². The van der Waals surface area contributed by atoms with E-state index in [0.717, 1.165) is 22.7 Å². The summed E-state index contributed by atoms with van der Waals surface area (Å²) in [6.07, 6.45) is 0. The molecule has 0 aliphatic heterocycles. The zero-order chi connectivity index (χ0) is 19.6. The maximum atomic E-state index is 12.6. The molecule has 0 aliphatic carbocycles. The van der Waals surface area contributed by atoms with E-state index in [1.807, 2.05) is 50.2 Å². The number of nitrogens with one attached hydrogen (secondary N) is 1. The zero-order valence-electron chi connectivity index (χ0n) is 16.6. The van der Waals surface area contributed by atoms with Crippen LogP contribution in [-0.4, -0.2) is 25.7 Å². The molecule has 0 fully saturated rings. The summed E-state index contributed by atoms with van der Waals surface area (Å²) < 4.78 is 16.8. The molecule has 1 amide bonds. The molecule has 0 unspecified atom stereocenters. The molecule has 0 aromatic heterocycles. The molecule has 2 aromatic rings. The van der Waals surface area contributed by atoms with Gasteiger partial charge in [-0.05, 0) is 62.2 Å². The third-order valence-corrected chi connectivity index (χ3v) is 3.75. The van der Waals surface area contributed by atoms with E-state index in [0.29, 0.717) is 37.9 Å². The van der Waals surface area contributed by atoms with Crippen molar-refractivity contribution in [2.24, 2.45) is 5.92 Å². The van der Waals surface area contributed by atoms with Gasteiger partial charge in [-0.2, -0.15) is 0 Å². The summed E-state index contributed by atoms with van der Waals surface area (Å²) in [4.78, 5) is 12.6. The molecule has 27 heavy (non-hydrogen) atoms. The zero-order valence-corrected chi connectivity index (χ0v) is 16.6.